The number of nitrogens with zero attached hydrogens (tertiary/aromatic N) is 1. The highest BCUT2D eigenvalue weighted by Crippen LogP contribution is 2.23. The number of hydrogen-bond acceptors (Lipinski definition) is 4. The molecule has 7 heteroatoms. The number of esters is 1. The van der Waals surface area contributed by atoms with Crippen LogP contribution in [0.1, 0.15) is 46.0 Å². The molecule has 2 atom stereocenters. The van der Waals surface area contributed by atoms with Gasteiger partial charge in [-0.1, -0.05) is 64.9 Å². The lowest BCUT2D eigenvalue weighted by Crippen LogP contribution is -2.61. The lowest BCUT2D eigenvalue weighted by molar-refractivity contribution is -0.156. The number of halogens is 2. The first-order valence-corrected chi connectivity index (χ1v) is 10.5. The molecule has 0 aromatic rings. The van der Waals surface area contributed by atoms with Crippen molar-refractivity contribution in [3.8, 4) is 0 Å². The SMILES string of the molecule is CCCCC(I)I.CCOC(=O)C1C(=O)NCC2CCCN21. The topological polar surface area (TPSA) is 58.6 Å². The van der Waals surface area contributed by atoms with Crippen molar-refractivity contribution in [1.29, 1.82) is 0 Å². The third-order valence-electron chi connectivity index (χ3n) is 3.80. The first-order chi connectivity index (χ1) is 10.5. The molecule has 2 heterocycles. The molecule has 0 aromatic carbocycles. The Hall–Kier alpha value is 0.360. The van der Waals surface area contributed by atoms with E-state index in [9.17, 15) is 9.59 Å². The van der Waals surface area contributed by atoms with Crippen LogP contribution in [0.15, 0.2) is 0 Å². The van der Waals surface area contributed by atoms with Gasteiger partial charge in [-0.15, -0.1) is 0 Å². The molecular formula is C15H26I2N2O3. The summed E-state index contributed by atoms with van der Waals surface area (Å²) in [6, 6.07) is -0.400. The van der Waals surface area contributed by atoms with Gasteiger partial charge in [0.1, 0.15) is 0 Å². The van der Waals surface area contributed by atoms with Crippen molar-refractivity contribution in [3.05, 3.63) is 0 Å². The minimum Gasteiger partial charge on any atom is -0.464 e. The number of unbranched alkanes of at least 4 members (excludes halogenated alkanes) is 1. The summed E-state index contributed by atoms with van der Waals surface area (Å²) >= 11 is 4.90. The molecule has 0 saturated carbocycles. The van der Waals surface area contributed by atoms with E-state index < -0.39 is 12.0 Å². The maximum atomic E-state index is 11.6. The highest BCUT2D eigenvalue weighted by atomic mass is 127. The van der Waals surface area contributed by atoms with Crippen LogP contribution in [-0.2, 0) is 14.3 Å². The fourth-order valence-electron chi connectivity index (χ4n) is 2.70. The van der Waals surface area contributed by atoms with Crippen LogP contribution in [0, 0.1) is 0 Å². The van der Waals surface area contributed by atoms with E-state index in [0.717, 1.165) is 21.3 Å². The maximum absolute atomic E-state index is 11.6. The van der Waals surface area contributed by atoms with E-state index in [1.807, 2.05) is 4.90 Å². The number of carbonyl (C=O) groups excluding carboxylic acids is 2. The van der Waals surface area contributed by atoms with Gasteiger partial charge in [0, 0.05) is 12.6 Å². The fourth-order valence-corrected chi connectivity index (χ4v) is 3.59. The zero-order valence-corrected chi connectivity index (χ0v) is 17.6. The fraction of sp³-hybridized carbons (Fsp3) is 0.867. The molecule has 1 N–H and O–H groups in total. The molecule has 0 radical (unpaired) electrons. The number of carbonyl (C=O) groups is 2. The van der Waals surface area contributed by atoms with Gasteiger partial charge in [0.05, 0.1) is 8.54 Å². The van der Waals surface area contributed by atoms with Gasteiger partial charge in [0.2, 0.25) is 5.91 Å². The molecule has 2 aliphatic rings. The van der Waals surface area contributed by atoms with E-state index >= 15 is 0 Å². The smallest absolute Gasteiger partial charge is 0.333 e. The first kappa shape index (κ1) is 20.4. The summed E-state index contributed by atoms with van der Waals surface area (Å²) in [7, 11) is 0. The Morgan fingerprint density at radius 1 is 1.45 bits per heavy atom. The Kier molecular flexibility index (Phi) is 10.2. The molecular weight excluding hydrogens is 510 g/mol. The maximum Gasteiger partial charge on any atom is 0.333 e. The second-order valence-electron chi connectivity index (χ2n) is 5.47. The van der Waals surface area contributed by atoms with E-state index in [-0.39, 0.29) is 5.91 Å². The lowest BCUT2D eigenvalue weighted by atomic mass is 10.1. The van der Waals surface area contributed by atoms with Crippen molar-refractivity contribution in [2.45, 2.75) is 60.0 Å². The van der Waals surface area contributed by atoms with E-state index in [4.69, 9.17) is 4.74 Å². The van der Waals surface area contributed by atoms with Crippen LogP contribution in [0.2, 0.25) is 0 Å². The number of hydrogen-bond donors (Lipinski definition) is 1. The van der Waals surface area contributed by atoms with Gasteiger partial charge in [-0.2, -0.15) is 0 Å². The van der Waals surface area contributed by atoms with Crippen molar-refractivity contribution in [1.82, 2.24) is 10.2 Å². The first-order valence-electron chi connectivity index (χ1n) is 7.99. The number of alkyl halides is 2. The molecule has 2 aliphatic heterocycles. The van der Waals surface area contributed by atoms with Crippen LogP contribution in [0.3, 0.4) is 0 Å². The molecule has 5 nitrogen and oxygen atoms in total. The third-order valence-corrected chi connectivity index (χ3v) is 5.05. The zero-order chi connectivity index (χ0) is 16.5. The number of amides is 1. The Labute approximate surface area is 160 Å². The van der Waals surface area contributed by atoms with Crippen LogP contribution < -0.4 is 5.32 Å². The van der Waals surface area contributed by atoms with Gasteiger partial charge < -0.3 is 10.1 Å². The highest BCUT2D eigenvalue weighted by Gasteiger charge is 2.43. The van der Waals surface area contributed by atoms with Gasteiger partial charge in [-0.25, -0.2) is 4.79 Å². The monoisotopic (exact) mass is 536 g/mol. The Balaban J connectivity index is 0.000000295. The van der Waals surface area contributed by atoms with Gasteiger partial charge in [0.25, 0.3) is 0 Å². The summed E-state index contributed by atoms with van der Waals surface area (Å²) in [5, 5.41) is 2.76. The van der Waals surface area contributed by atoms with Crippen LogP contribution in [-0.4, -0.2) is 50.5 Å². The average molecular weight is 536 g/mol. The number of fused-ring (bicyclic) bond motifs is 1. The van der Waals surface area contributed by atoms with Gasteiger partial charge in [-0.3, -0.25) is 9.69 Å². The molecule has 2 unspecified atom stereocenters. The van der Waals surface area contributed by atoms with Crippen molar-refractivity contribution in [3.63, 3.8) is 0 Å². The van der Waals surface area contributed by atoms with Crippen LogP contribution >= 0.6 is 45.2 Å². The van der Waals surface area contributed by atoms with E-state index in [0.29, 0.717) is 19.2 Å². The Morgan fingerprint density at radius 2 is 2.18 bits per heavy atom. The molecule has 1 amide bonds. The zero-order valence-electron chi connectivity index (χ0n) is 13.3. The normalized spacial score (nSPS) is 24.3. The van der Waals surface area contributed by atoms with Crippen LogP contribution in [0.25, 0.3) is 0 Å². The van der Waals surface area contributed by atoms with Crippen molar-refractivity contribution < 1.29 is 14.3 Å². The molecule has 0 spiro atoms. The summed E-state index contributed by atoms with van der Waals surface area (Å²) < 4.78 is 5.76. The number of ether oxygens (including phenoxy) is 1. The number of nitrogens with one attached hydrogen (secondary N) is 1. The number of piperazine rings is 1. The lowest BCUT2D eigenvalue weighted by Gasteiger charge is -2.35. The quantitative estimate of drug-likeness (QED) is 0.254. The molecule has 128 valence electrons. The minimum absolute atomic E-state index is 0.216. The van der Waals surface area contributed by atoms with E-state index in [2.05, 4.69) is 57.4 Å². The Morgan fingerprint density at radius 3 is 2.73 bits per heavy atom. The van der Waals surface area contributed by atoms with Crippen LogP contribution in [0.4, 0.5) is 0 Å². The summed E-state index contributed by atoms with van der Waals surface area (Å²) in [5.41, 5.74) is 0. The minimum atomic E-state index is -0.716. The third kappa shape index (κ3) is 6.46. The predicted molar refractivity (Wildman–Crippen MR) is 105 cm³/mol. The van der Waals surface area contributed by atoms with Gasteiger partial charge in [-0.05, 0) is 32.7 Å². The molecule has 2 saturated heterocycles. The number of rotatable bonds is 5. The summed E-state index contributed by atoms with van der Waals surface area (Å²) in [6.45, 7) is 5.78. The molecule has 0 aliphatic carbocycles. The summed E-state index contributed by atoms with van der Waals surface area (Å²) in [4.78, 5) is 25.2. The van der Waals surface area contributed by atoms with Gasteiger partial charge >= 0.3 is 5.97 Å². The molecule has 2 fully saturated rings. The van der Waals surface area contributed by atoms with E-state index in [1.165, 1.54) is 19.3 Å². The Bertz CT molecular complexity index is 367. The van der Waals surface area contributed by atoms with Crippen LogP contribution in [0.5, 0.6) is 0 Å². The summed E-state index contributed by atoms with van der Waals surface area (Å²) in [6.07, 6.45) is 6.20. The van der Waals surface area contributed by atoms with E-state index in [1.54, 1.807) is 6.92 Å². The van der Waals surface area contributed by atoms with Gasteiger partial charge in [0.15, 0.2) is 6.04 Å². The van der Waals surface area contributed by atoms with Crippen molar-refractivity contribution in [2.24, 2.45) is 0 Å². The molecule has 2 rings (SSSR count). The average Bonchev–Trinajstić information content (AvgIpc) is 2.94. The molecule has 22 heavy (non-hydrogen) atoms. The molecule has 0 bridgehead atoms. The largest absolute Gasteiger partial charge is 0.464 e. The second-order valence-corrected chi connectivity index (χ2v) is 10.9. The molecule has 0 aromatic heterocycles. The predicted octanol–water partition coefficient (Wildman–Crippen LogP) is 2.89. The van der Waals surface area contributed by atoms with Crippen molar-refractivity contribution >= 4 is 57.1 Å². The second kappa shape index (κ2) is 11.0. The van der Waals surface area contributed by atoms with Crippen molar-refractivity contribution in [2.75, 3.05) is 19.7 Å². The summed E-state index contributed by atoms with van der Waals surface area (Å²) in [5.74, 6) is -0.631. The highest BCUT2D eigenvalue weighted by molar-refractivity contribution is 14.2. The standard InChI is InChI=1S/C10H16N2O3.C5H10I2/c1-2-15-10(14)8-9(13)11-6-7-4-3-5-12(7)8;1-2-3-4-5(6)7/h7-8H,2-6H2,1H3,(H,11,13);5H,2-4H2,1H3.